The van der Waals surface area contributed by atoms with Crippen molar-refractivity contribution in [2.24, 2.45) is 0 Å². The van der Waals surface area contributed by atoms with Gasteiger partial charge >= 0.3 is 0 Å². The number of benzene rings is 2. The van der Waals surface area contributed by atoms with Crippen LogP contribution in [0, 0.1) is 11.3 Å². The third kappa shape index (κ3) is 3.10. The summed E-state index contributed by atoms with van der Waals surface area (Å²) in [6.45, 7) is 1.87. The summed E-state index contributed by atoms with van der Waals surface area (Å²) in [5.41, 5.74) is 4.19. The second kappa shape index (κ2) is 6.30. The summed E-state index contributed by atoms with van der Waals surface area (Å²) < 4.78 is 0.924. The van der Waals surface area contributed by atoms with Gasteiger partial charge in [0, 0.05) is 11.0 Å². The molecule has 1 atom stereocenters. The van der Waals surface area contributed by atoms with Gasteiger partial charge in [-0.25, -0.2) is 0 Å². The molecule has 3 rings (SSSR count). The first-order valence-electron chi connectivity index (χ1n) is 7.02. The number of rotatable bonds is 2. The zero-order valence-electron chi connectivity index (χ0n) is 11.6. The van der Waals surface area contributed by atoms with Gasteiger partial charge in [0.25, 0.3) is 0 Å². The van der Waals surface area contributed by atoms with Gasteiger partial charge in [-0.3, -0.25) is 0 Å². The van der Waals surface area contributed by atoms with Crippen LogP contribution < -0.4 is 10.6 Å². The van der Waals surface area contributed by atoms with E-state index in [9.17, 15) is 5.26 Å². The van der Waals surface area contributed by atoms with Crippen molar-refractivity contribution >= 4 is 21.6 Å². The quantitative estimate of drug-likeness (QED) is 0.868. The van der Waals surface area contributed by atoms with Gasteiger partial charge in [0.05, 0.1) is 17.3 Å². The predicted octanol–water partition coefficient (Wildman–Crippen LogP) is 3.97. The molecule has 0 bridgehead atoms. The van der Waals surface area contributed by atoms with E-state index in [1.807, 2.05) is 18.2 Å². The SMILES string of the molecule is N#Cc1cc(Br)ccc1NC1CCNCc2ccccc21. The summed E-state index contributed by atoms with van der Waals surface area (Å²) in [4.78, 5) is 0. The van der Waals surface area contributed by atoms with Crippen LogP contribution >= 0.6 is 15.9 Å². The fourth-order valence-corrected chi connectivity index (χ4v) is 3.09. The highest BCUT2D eigenvalue weighted by molar-refractivity contribution is 9.10. The van der Waals surface area contributed by atoms with Crippen LogP contribution in [-0.4, -0.2) is 6.54 Å². The highest BCUT2D eigenvalue weighted by atomic mass is 79.9. The molecule has 2 aromatic carbocycles. The van der Waals surface area contributed by atoms with Crippen molar-refractivity contribution in [3.8, 4) is 6.07 Å². The molecule has 1 aliphatic rings. The van der Waals surface area contributed by atoms with E-state index in [1.54, 1.807) is 0 Å². The molecule has 4 heteroatoms. The molecular weight excluding hydrogens is 326 g/mol. The number of nitrogens with zero attached hydrogens (tertiary/aromatic N) is 1. The van der Waals surface area contributed by atoms with E-state index in [-0.39, 0.29) is 6.04 Å². The van der Waals surface area contributed by atoms with Crippen molar-refractivity contribution in [3.05, 3.63) is 63.6 Å². The average molecular weight is 342 g/mol. The molecule has 1 unspecified atom stereocenters. The minimum absolute atomic E-state index is 0.226. The van der Waals surface area contributed by atoms with Gasteiger partial charge in [-0.05, 0) is 42.3 Å². The second-order valence-electron chi connectivity index (χ2n) is 5.16. The van der Waals surface area contributed by atoms with E-state index in [2.05, 4.69) is 56.9 Å². The Labute approximate surface area is 133 Å². The maximum absolute atomic E-state index is 9.30. The number of hydrogen-bond acceptors (Lipinski definition) is 3. The largest absolute Gasteiger partial charge is 0.377 e. The number of nitriles is 1. The summed E-state index contributed by atoms with van der Waals surface area (Å²) in [6, 6.07) is 16.7. The van der Waals surface area contributed by atoms with Crippen molar-refractivity contribution in [3.63, 3.8) is 0 Å². The van der Waals surface area contributed by atoms with Crippen molar-refractivity contribution in [2.45, 2.75) is 19.0 Å². The molecule has 3 nitrogen and oxygen atoms in total. The van der Waals surface area contributed by atoms with Crippen LogP contribution in [0.2, 0.25) is 0 Å². The zero-order chi connectivity index (χ0) is 14.7. The van der Waals surface area contributed by atoms with Crippen molar-refractivity contribution in [1.82, 2.24) is 5.32 Å². The minimum Gasteiger partial charge on any atom is -0.377 e. The molecule has 1 aliphatic heterocycles. The van der Waals surface area contributed by atoms with Gasteiger partial charge in [-0.2, -0.15) is 5.26 Å². The Morgan fingerprint density at radius 2 is 2.10 bits per heavy atom. The molecular formula is C17H16BrN3. The molecule has 0 aliphatic carbocycles. The van der Waals surface area contributed by atoms with Gasteiger partial charge in [0.1, 0.15) is 6.07 Å². The first-order valence-corrected chi connectivity index (χ1v) is 7.82. The van der Waals surface area contributed by atoms with Gasteiger partial charge in [-0.15, -0.1) is 0 Å². The van der Waals surface area contributed by atoms with Crippen molar-refractivity contribution in [2.75, 3.05) is 11.9 Å². The first kappa shape index (κ1) is 14.1. The fraction of sp³-hybridized carbons (Fsp3) is 0.235. The minimum atomic E-state index is 0.226. The molecule has 2 aromatic rings. The summed E-state index contributed by atoms with van der Waals surface area (Å²) in [5, 5.41) is 16.3. The van der Waals surface area contributed by atoms with Gasteiger partial charge in [-0.1, -0.05) is 40.2 Å². The molecule has 0 radical (unpaired) electrons. The molecule has 0 saturated carbocycles. The van der Waals surface area contributed by atoms with Crippen molar-refractivity contribution in [1.29, 1.82) is 5.26 Å². The van der Waals surface area contributed by atoms with Gasteiger partial charge in [0.15, 0.2) is 0 Å². The van der Waals surface area contributed by atoms with Crippen LogP contribution in [0.5, 0.6) is 0 Å². The van der Waals surface area contributed by atoms with Crippen LogP contribution in [0.3, 0.4) is 0 Å². The average Bonchev–Trinajstić information content (AvgIpc) is 2.71. The molecule has 0 saturated heterocycles. The third-order valence-corrected chi connectivity index (χ3v) is 4.28. The topological polar surface area (TPSA) is 47.9 Å². The Bertz CT molecular complexity index is 691. The van der Waals surface area contributed by atoms with Gasteiger partial charge < -0.3 is 10.6 Å². The lowest BCUT2D eigenvalue weighted by Gasteiger charge is -2.21. The lowest BCUT2D eigenvalue weighted by Crippen LogP contribution is -2.15. The molecule has 2 N–H and O–H groups in total. The highest BCUT2D eigenvalue weighted by Gasteiger charge is 2.18. The smallest absolute Gasteiger partial charge is 0.101 e. The Morgan fingerprint density at radius 3 is 2.95 bits per heavy atom. The number of hydrogen-bond donors (Lipinski definition) is 2. The summed E-state index contributed by atoms with van der Waals surface area (Å²) in [7, 11) is 0. The first-order chi connectivity index (χ1) is 10.3. The monoisotopic (exact) mass is 341 g/mol. The fourth-order valence-electron chi connectivity index (χ4n) is 2.73. The van der Waals surface area contributed by atoms with E-state index in [1.165, 1.54) is 11.1 Å². The van der Waals surface area contributed by atoms with E-state index < -0.39 is 0 Å². The Morgan fingerprint density at radius 1 is 1.24 bits per heavy atom. The summed E-state index contributed by atoms with van der Waals surface area (Å²) >= 11 is 3.41. The molecule has 21 heavy (non-hydrogen) atoms. The van der Waals surface area contributed by atoms with Crippen LogP contribution in [-0.2, 0) is 6.54 Å². The van der Waals surface area contributed by atoms with Crippen LogP contribution in [0.1, 0.15) is 29.2 Å². The predicted molar refractivity (Wildman–Crippen MR) is 88.0 cm³/mol. The van der Waals surface area contributed by atoms with E-state index in [4.69, 9.17) is 0 Å². The number of halogens is 1. The third-order valence-electron chi connectivity index (χ3n) is 3.79. The number of anilines is 1. The molecule has 106 valence electrons. The molecule has 0 spiro atoms. The standard InChI is InChI=1S/C17H16BrN3/c18-14-5-6-16(13(9-14)10-19)21-17-7-8-20-11-12-3-1-2-4-15(12)17/h1-6,9,17,20-21H,7-8,11H2. The molecule has 1 heterocycles. The normalized spacial score (nSPS) is 17.4. The molecule has 0 aromatic heterocycles. The van der Waals surface area contributed by atoms with E-state index in [0.29, 0.717) is 5.56 Å². The number of fused-ring (bicyclic) bond motifs is 1. The summed E-state index contributed by atoms with van der Waals surface area (Å²) in [6.07, 6.45) is 0.998. The molecule has 0 fully saturated rings. The molecule has 0 amide bonds. The zero-order valence-corrected chi connectivity index (χ0v) is 13.2. The lowest BCUT2D eigenvalue weighted by atomic mass is 9.98. The Hall–Kier alpha value is -1.83. The van der Waals surface area contributed by atoms with Gasteiger partial charge in [0.2, 0.25) is 0 Å². The maximum atomic E-state index is 9.30. The van der Waals surface area contributed by atoms with Crippen LogP contribution in [0.25, 0.3) is 0 Å². The van der Waals surface area contributed by atoms with Crippen LogP contribution in [0.4, 0.5) is 5.69 Å². The number of nitrogens with one attached hydrogen (secondary N) is 2. The van der Waals surface area contributed by atoms with E-state index >= 15 is 0 Å². The highest BCUT2D eigenvalue weighted by Crippen LogP contribution is 2.29. The lowest BCUT2D eigenvalue weighted by molar-refractivity contribution is 0.637. The van der Waals surface area contributed by atoms with Crippen LogP contribution in [0.15, 0.2) is 46.9 Å². The Kier molecular flexibility index (Phi) is 4.23. The van der Waals surface area contributed by atoms with Crippen molar-refractivity contribution < 1.29 is 0 Å². The van der Waals surface area contributed by atoms with E-state index in [0.717, 1.165) is 29.7 Å². The maximum Gasteiger partial charge on any atom is 0.101 e. The Balaban J connectivity index is 1.93. The second-order valence-corrected chi connectivity index (χ2v) is 6.08. The summed E-state index contributed by atoms with van der Waals surface area (Å²) in [5.74, 6) is 0.